The SMILES string of the molecule is Cc1ccc(N2c3cc(N(c4ccccc4)c4ccccc4)ccc3B3c4ccc(N(c5ccccc5)c5ccccc5)cc4N(c4ccc(C)cc4)c4cc(N(c5ccccc5)c5ccccc5)cc2c43)cc1. The molecule has 6 heteroatoms. The van der Waals surface area contributed by atoms with Gasteiger partial charge in [0.2, 0.25) is 0 Å². The molecule has 0 fully saturated rings. The van der Waals surface area contributed by atoms with Gasteiger partial charge in [-0.3, -0.25) is 0 Å². The number of para-hydroxylation sites is 6. The first-order chi connectivity index (χ1) is 36.6. The number of fused-ring (bicyclic) bond motifs is 4. The zero-order valence-corrected chi connectivity index (χ0v) is 41.4. The van der Waals surface area contributed by atoms with Crippen LogP contribution in [0.15, 0.2) is 279 Å². The van der Waals surface area contributed by atoms with Crippen molar-refractivity contribution in [3.05, 3.63) is 290 Å². The van der Waals surface area contributed by atoms with E-state index < -0.39 is 0 Å². The topological polar surface area (TPSA) is 16.2 Å². The van der Waals surface area contributed by atoms with Crippen molar-refractivity contribution in [1.82, 2.24) is 0 Å². The van der Waals surface area contributed by atoms with Crippen molar-refractivity contribution < 1.29 is 0 Å². The summed E-state index contributed by atoms with van der Waals surface area (Å²) in [5, 5.41) is 0. The van der Waals surface area contributed by atoms with Crippen LogP contribution in [0, 0.1) is 13.8 Å². The Morgan fingerprint density at radius 1 is 0.257 bits per heavy atom. The number of benzene rings is 11. The van der Waals surface area contributed by atoms with Gasteiger partial charge < -0.3 is 24.5 Å². The first-order valence-corrected chi connectivity index (χ1v) is 25.5. The molecule has 0 aromatic heterocycles. The lowest BCUT2D eigenvalue weighted by atomic mass is 9.33. The summed E-state index contributed by atoms with van der Waals surface area (Å²) >= 11 is 0. The lowest BCUT2D eigenvalue weighted by Gasteiger charge is -2.45. The molecule has 74 heavy (non-hydrogen) atoms. The molecular weight excluding hydrogens is 898 g/mol. The second kappa shape index (κ2) is 18.9. The van der Waals surface area contributed by atoms with Crippen LogP contribution in [0.2, 0.25) is 0 Å². The maximum absolute atomic E-state index is 2.53. The van der Waals surface area contributed by atoms with Gasteiger partial charge in [-0.25, -0.2) is 0 Å². The number of hydrogen-bond donors (Lipinski definition) is 0. The fourth-order valence-corrected chi connectivity index (χ4v) is 11.1. The average molecular weight is 950 g/mol. The Labute approximate surface area is 434 Å². The third kappa shape index (κ3) is 7.94. The summed E-state index contributed by atoms with van der Waals surface area (Å²) < 4.78 is 0. The smallest absolute Gasteiger partial charge is 0.252 e. The molecule has 0 atom stereocenters. The Kier molecular flexibility index (Phi) is 11.4. The summed E-state index contributed by atoms with van der Waals surface area (Å²) in [7, 11) is 0. The Morgan fingerprint density at radius 2 is 0.527 bits per heavy atom. The van der Waals surface area contributed by atoms with Crippen LogP contribution >= 0.6 is 0 Å². The van der Waals surface area contributed by atoms with E-state index in [2.05, 4.69) is 317 Å². The summed E-state index contributed by atoms with van der Waals surface area (Å²) in [5.74, 6) is 0. The van der Waals surface area contributed by atoms with Gasteiger partial charge in [0, 0.05) is 79.6 Å². The number of rotatable bonds is 11. The number of hydrogen-bond acceptors (Lipinski definition) is 5. The molecule has 0 saturated heterocycles. The van der Waals surface area contributed by atoms with Crippen molar-refractivity contribution in [2.45, 2.75) is 13.8 Å². The summed E-state index contributed by atoms with van der Waals surface area (Å²) in [6.07, 6.45) is 0. The van der Waals surface area contributed by atoms with Crippen LogP contribution in [0.3, 0.4) is 0 Å². The van der Waals surface area contributed by atoms with Crippen molar-refractivity contribution in [3.8, 4) is 0 Å². The molecule has 11 aromatic rings. The first kappa shape index (κ1) is 44.4. The highest BCUT2D eigenvalue weighted by Gasteiger charge is 2.44. The van der Waals surface area contributed by atoms with Crippen molar-refractivity contribution in [2.24, 2.45) is 0 Å². The Morgan fingerprint density at radius 3 is 0.824 bits per heavy atom. The van der Waals surface area contributed by atoms with Crippen LogP contribution in [0.4, 0.5) is 85.3 Å². The van der Waals surface area contributed by atoms with Gasteiger partial charge in [-0.05, 0) is 164 Å². The third-order valence-corrected chi connectivity index (χ3v) is 14.5. The highest BCUT2D eigenvalue weighted by molar-refractivity contribution is 7.00. The van der Waals surface area contributed by atoms with E-state index in [4.69, 9.17) is 0 Å². The van der Waals surface area contributed by atoms with Crippen LogP contribution in [-0.2, 0) is 0 Å². The standard InChI is InChI=1S/C68H52BN5/c1-49-33-37-57(38-34-49)73-64-45-59(70(51-21-9-3-10-22-51)52-23-11-4-12-24-52)41-43-62(64)69-63-44-42-60(71(53-25-13-5-14-26-53)54-27-15-6-16-28-54)46-65(63)74(58-39-35-50(2)36-40-58)67-48-61(47-66(73)68(67)69)72(55-29-17-7-18-30-55)56-31-19-8-20-32-56/h3-48H,1-2H3. The molecule has 0 N–H and O–H groups in total. The highest BCUT2D eigenvalue weighted by Crippen LogP contribution is 2.50. The van der Waals surface area contributed by atoms with Gasteiger partial charge in [-0.1, -0.05) is 157 Å². The summed E-state index contributed by atoms with van der Waals surface area (Å²) in [5.41, 5.74) is 22.5. The van der Waals surface area contributed by atoms with Crippen LogP contribution in [0.25, 0.3) is 0 Å². The largest absolute Gasteiger partial charge is 0.311 e. The number of aryl methyl sites for hydroxylation is 2. The van der Waals surface area contributed by atoms with Crippen molar-refractivity contribution >= 4 is 108 Å². The molecule has 0 saturated carbocycles. The molecular formula is C68H52BN5. The predicted octanol–water partition coefficient (Wildman–Crippen LogP) is 16.8. The van der Waals surface area contributed by atoms with Gasteiger partial charge in [-0.2, -0.15) is 0 Å². The predicted molar refractivity (Wildman–Crippen MR) is 314 cm³/mol. The maximum Gasteiger partial charge on any atom is 0.252 e. The summed E-state index contributed by atoms with van der Waals surface area (Å²) in [6.45, 7) is 4.21. The first-order valence-electron chi connectivity index (χ1n) is 25.5. The summed E-state index contributed by atoms with van der Waals surface area (Å²) in [6, 6.07) is 102. The fourth-order valence-electron chi connectivity index (χ4n) is 11.1. The molecule has 352 valence electrons. The van der Waals surface area contributed by atoms with Crippen LogP contribution in [-0.4, -0.2) is 6.71 Å². The second-order valence-electron chi connectivity index (χ2n) is 19.2. The van der Waals surface area contributed by atoms with Crippen molar-refractivity contribution in [2.75, 3.05) is 24.5 Å². The van der Waals surface area contributed by atoms with Crippen LogP contribution in [0.5, 0.6) is 0 Å². The molecule has 13 rings (SSSR count). The molecule has 0 aliphatic carbocycles. The van der Waals surface area contributed by atoms with E-state index in [-0.39, 0.29) is 6.71 Å². The average Bonchev–Trinajstić information content (AvgIpc) is 3.46. The van der Waals surface area contributed by atoms with E-state index >= 15 is 0 Å². The molecule has 2 heterocycles. The Hall–Kier alpha value is -9.52. The molecule has 11 aromatic carbocycles. The fraction of sp³-hybridized carbons (Fsp3) is 0.0294. The van der Waals surface area contributed by atoms with Gasteiger partial charge in [0.15, 0.2) is 0 Å². The molecule has 0 unspecified atom stereocenters. The molecule has 0 spiro atoms. The van der Waals surface area contributed by atoms with Gasteiger partial charge in [-0.15, -0.1) is 0 Å². The molecule has 2 aliphatic rings. The van der Waals surface area contributed by atoms with E-state index in [0.717, 1.165) is 85.3 Å². The van der Waals surface area contributed by atoms with Crippen LogP contribution in [0.1, 0.15) is 11.1 Å². The minimum Gasteiger partial charge on any atom is -0.311 e. The lowest BCUT2D eigenvalue weighted by molar-refractivity contribution is 1.21. The third-order valence-electron chi connectivity index (χ3n) is 14.5. The van der Waals surface area contributed by atoms with Gasteiger partial charge in [0.1, 0.15) is 0 Å². The zero-order valence-electron chi connectivity index (χ0n) is 41.4. The maximum atomic E-state index is 2.53. The molecule has 0 amide bonds. The van der Waals surface area contributed by atoms with Crippen molar-refractivity contribution in [3.63, 3.8) is 0 Å². The van der Waals surface area contributed by atoms with E-state index in [1.165, 1.54) is 27.5 Å². The minimum absolute atomic E-state index is 0.128. The second-order valence-corrected chi connectivity index (χ2v) is 19.2. The van der Waals surface area contributed by atoms with E-state index in [0.29, 0.717) is 0 Å². The van der Waals surface area contributed by atoms with Gasteiger partial charge >= 0.3 is 0 Å². The quantitative estimate of drug-likeness (QED) is 0.120. The Balaban J connectivity index is 1.14. The molecule has 2 aliphatic heterocycles. The zero-order chi connectivity index (χ0) is 49.5. The van der Waals surface area contributed by atoms with E-state index in [1.54, 1.807) is 0 Å². The normalized spacial score (nSPS) is 12.1. The lowest BCUT2D eigenvalue weighted by Crippen LogP contribution is -2.61. The van der Waals surface area contributed by atoms with Gasteiger partial charge in [0.25, 0.3) is 6.71 Å². The molecule has 0 bridgehead atoms. The van der Waals surface area contributed by atoms with Crippen LogP contribution < -0.4 is 40.9 Å². The van der Waals surface area contributed by atoms with Crippen molar-refractivity contribution in [1.29, 1.82) is 0 Å². The Bertz CT molecular complexity index is 3420. The van der Waals surface area contributed by atoms with E-state index in [1.807, 2.05) is 0 Å². The number of anilines is 15. The highest BCUT2D eigenvalue weighted by atomic mass is 15.2. The monoisotopic (exact) mass is 949 g/mol. The van der Waals surface area contributed by atoms with Gasteiger partial charge in [0.05, 0.1) is 5.69 Å². The molecule has 5 nitrogen and oxygen atoms in total. The number of nitrogens with zero attached hydrogens (tertiary/aromatic N) is 5. The van der Waals surface area contributed by atoms with E-state index in [9.17, 15) is 0 Å². The summed E-state index contributed by atoms with van der Waals surface area (Å²) in [4.78, 5) is 12.2. The minimum atomic E-state index is -0.128. The molecule has 0 radical (unpaired) electrons.